The first-order chi connectivity index (χ1) is 15.0. The van der Waals surface area contributed by atoms with Gasteiger partial charge in [-0.3, -0.25) is 3.56 Å². The smallest absolute Gasteiger partial charge is 0.204 e. The van der Waals surface area contributed by atoms with Crippen molar-refractivity contribution in [1.82, 2.24) is 0 Å². The van der Waals surface area contributed by atoms with E-state index in [1.807, 2.05) is 25.1 Å². The third-order valence-electron chi connectivity index (χ3n) is 5.85. The maximum Gasteiger partial charge on any atom is 0.204 e. The summed E-state index contributed by atoms with van der Waals surface area (Å²) in [6.45, 7) is 3.63. The third-order valence-corrected chi connectivity index (χ3v) is 9.55. The zero-order valence-corrected chi connectivity index (χ0v) is 20.5. The highest BCUT2D eigenvalue weighted by atomic mass is 127. The van der Waals surface area contributed by atoms with Gasteiger partial charge >= 0.3 is 0 Å². The Bertz CT molecular complexity index is 1040. The van der Waals surface area contributed by atoms with Gasteiger partial charge in [-0.05, 0) is 50.7 Å². The summed E-state index contributed by atoms with van der Waals surface area (Å²) in [5.41, 5.74) is 2.51. The molecule has 5 unspecified atom stereocenters. The Morgan fingerprint density at radius 2 is 1.87 bits per heavy atom. The van der Waals surface area contributed by atoms with Gasteiger partial charge in [0.2, 0.25) is 6.29 Å². The number of aliphatic hydroxyl groups is 1. The fourth-order valence-corrected chi connectivity index (χ4v) is 6.85. The molecule has 4 nitrogen and oxygen atoms in total. The van der Waals surface area contributed by atoms with Crippen LogP contribution in [0.25, 0.3) is 10.1 Å². The largest absolute Gasteiger partial charge is 0.463 e. The molecule has 2 heterocycles. The second kappa shape index (κ2) is 10.0. The second-order valence-corrected chi connectivity index (χ2v) is 11.1. The minimum absolute atomic E-state index is 0.251. The molecule has 1 aromatic heterocycles. The van der Waals surface area contributed by atoms with Gasteiger partial charge in [0, 0.05) is 22.4 Å². The van der Waals surface area contributed by atoms with E-state index in [9.17, 15) is 9.50 Å². The van der Waals surface area contributed by atoms with Crippen LogP contribution in [-0.2, 0) is 17.6 Å². The van der Waals surface area contributed by atoms with Gasteiger partial charge in [0.15, 0.2) is 0 Å². The lowest BCUT2D eigenvalue weighted by atomic mass is 9.97. The summed E-state index contributed by atoms with van der Waals surface area (Å²) in [5.74, 6) is 0.520. The van der Waals surface area contributed by atoms with E-state index in [4.69, 9.17) is 13.0 Å². The van der Waals surface area contributed by atoms with Crippen LogP contribution in [-0.4, -0.2) is 34.2 Å². The molecule has 5 atom stereocenters. The summed E-state index contributed by atoms with van der Waals surface area (Å²) in [6.07, 6.45) is -1.19. The van der Waals surface area contributed by atoms with Gasteiger partial charge in [0.05, 0.1) is 15.4 Å². The number of hydrogen-bond donors (Lipinski definition) is 2. The van der Waals surface area contributed by atoms with Crippen molar-refractivity contribution in [3.63, 3.8) is 0 Å². The Labute approximate surface area is 196 Å². The summed E-state index contributed by atoms with van der Waals surface area (Å²) in [7, 11) is 0. The zero-order valence-electron chi connectivity index (χ0n) is 17.6. The lowest BCUT2D eigenvalue weighted by molar-refractivity contribution is -0.201. The molecule has 166 valence electrons. The quantitative estimate of drug-likeness (QED) is 0.269. The Kier molecular flexibility index (Phi) is 7.36. The molecule has 2 aromatic carbocycles. The van der Waals surface area contributed by atoms with E-state index < -0.39 is 50.1 Å². The number of halogens is 2. The zero-order chi connectivity index (χ0) is 22.0. The topological polar surface area (TPSA) is 62.5 Å². The molecule has 0 radical (unpaired) electrons. The number of aliphatic hydroxyl groups excluding tert-OH is 1. The molecule has 1 fully saturated rings. The lowest BCUT2D eigenvalue weighted by Crippen LogP contribution is -2.52. The molecule has 0 aliphatic carbocycles. The van der Waals surface area contributed by atoms with Crippen LogP contribution < -0.4 is 4.74 Å². The van der Waals surface area contributed by atoms with Crippen molar-refractivity contribution in [2.75, 3.05) is 6.61 Å². The summed E-state index contributed by atoms with van der Waals surface area (Å²) >= 11 is 0.596. The first-order valence-electron chi connectivity index (χ1n) is 10.5. The number of nitrogens with one attached hydrogen (secondary N) is 1. The normalized spacial score (nSPS) is 26.3. The molecule has 0 bridgehead atoms. The number of thiophene rings is 1. The molecule has 1 aliphatic rings. The van der Waals surface area contributed by atoms with Crippen molar-refractivity contribution in [3.05, 3.63) is 64.5 Å². The number of rotatable bonds is 7. The molecule has 4 rings (SSSR count). The average Bonchev–Trinajstić information content (AvgIpc) is 3.13. The van der Waals surface area contributed by atoms with Gasteiger partial charge in [-0.1, -0.05) is 50.2 Å². The number of benzene rings is 2. The van der Waals surface area contributed by atoms with Gasteiger partial charge in [-0.2, -0.15) is 0 Å². The molecule has 1 saturated heterocycles. The number of ether oxygens (including phenoxy) is 2. The highest BCUT2D eigenvalue weighted by Crippen LogP contribution is 2.43. The van der Waals surface area contributed by atoms with Crippen molar-refractivity contribution in [1.29, 1.82) is 3.56 Å². The van der Waals surface area contributed by atoms with Crippen LogP contribution >= 0.6 is 32.4 Å². The Morgan fingerprint density at radius 3 is 2.55 bits per heavy atom. The van der Waals surface area contributed by atoms with Crippen molar-refractivity contribution < 1.29 is 19.0 Å². The molecule has 0 amide bonds. The maximum absolute atomic E-state index is 14.7. The fraction of sp³-hybridized carbons (Fsp3) is 0.417. The first kappa shape index (κ1) is 22.8. The standard InChI is InChI=1S/C24H27FINO3S/c1-3-15-8-10-16(11-9-15)12-20-23(17-6-4-5-7-19(17)31-20)30-24-14(2)22(26-27)21(25)18(13-28)29-24/h4-11,14,18,21-22,24,27-28H,3,12-13H2,1-2H3. The fourth-order valence-electron chi connectivity index (χ4n) is 3.97. The summed E-state index contributed by atoms with van der Waals surface area (Å²) in [5, 5.41) is 10.6. The van der Waals surface area contributed by atoms with Crippen LogP contribution in [0.5, 0.6) is 5.75 Å². The molecule has 1 aliphatic heterocycles. The molecule has 0 spiro atoms. The Morgan fingerprint density at radius 1 is 1.16 bits per heavy atom. The van der Waals surface area contributed by atoms with Crippen molar-refractivity contribution >= 4 is 42.5 Å². The minimum Gasteiger partial charge on any atom is -0.463 e. The van der Waals surface area contributed by atoms with Gasteiger partial charge in [-0.25, -0.2) is 4.39 Å². The van der Waals surface area contributed by atoms with Gasteiger partial charge in [0.1, 0.15) is 18.0 Å². The molecule has 0 saturated carbocycles. The Balaban J connectivity index is 1.67. The van der Waals surface area contributed by atoms with E-state index in [1.54, 1.807) is 11.3 Å². The summed E-state index contributed by atoms with van der Waals surface area (Å²) < 4.78 is 35.5. The minimum atomic E-state index is -1.32. The molecular weight excluding hydrogens is 528 g/mol. The van der Waals surface area contributed by atoms with E-state index in [2.05, 4.69) is 37.3 Å². The van der Waals surface area contributed by atoms with Crippen LogP contribution in [0.1, 0.15) is 29.9 Å². The SMILES string of the molecule is CCc1ccc(Cc2sc3ccccc3c2OC2OC(CO)C(F)C(I=N)C2C)cc1. The number of aryl methyl sites for hydroxylation is 1. The lowest BCUT2D eigenvalue weighted by Gasteiger charge is -2.40. The van der Waals surface area contributed by atoms with Crippen molar-refractivity contribution in [2.24, 2.45) is 5.92 Å². The molecule has 31 heavy (non-hydrogen) atoms. The van der Waals surface area contributed by atoms with E-state index in [1.165, 1.54) is 11.1 Å². The van der Waals surface area contributed by atoms with Crippen LogP contribution in [0, 0.1) is 9.48 Å². The van der Waals surface area contributed by atoms with E-state index in [0.717, 1.165) is 33.6 Å². The van der Waals surface area contributed by atoms with E-state index >= 15 is 0 Å². The van der Waals surface area contributed by atoms with E-state index in [0.29, 0.717) is 0 Å². The summed E-state index contributed by atoms with van der Waals surface area (Å²) in [6, 6.07) is 16.7. The first-order valence-corrected chi connectivity index (χ1v) is 13.6. The molecule has 2 N–H and O–H groups in total. The molecule has 7 heteroatoms. The van der Waals surface area contributed by atoms with Crippen LogP contribution in [0.2, 0.25) is 0 Å². The average molecular weight is 555 g/mol. The highest BCUT2D eigenvalue weighted by Gasteiger charge is 2.45. The van der Waals surface area contributed by atoms with Gasteiger partial charge in [-0.15, -0.1) is 11.3 Å². The number of alkyl halides is 2. The van der Waals surface area contributed by atoms with Crippen LogP contribution in [0.15, 0.2) is 48.5 Å². The highest BCUT2D eigenvalue weighted by molar-refractivity contribution is 14.1. The van der Waals surface area contributed by atoms with E-state index in [-0.39, 0.29) is 5.92 Å². The second-order valence-electron chi connectivity index (χ2n) is 7.90. The van der Waals surface area contributed by atoms with Crippen LogP contribution in [0.4, 0.5) is 4.39 Å². The predicted octanol–water partition coefficient (Wildman–Crippen LogP) is 6.23. The monoisotopic (exact) mass is 555 g/mol. The number of fused-ring (bicyclic) bond motifs is 1. The maximum atomic E-state index is 14.7. The molecule has 3 aromatic rings. The Hall–Kier alpha value is -1.42. The summed E-state index contributed by atoms with van der Waals surface area (Å²) in [4.78, 5) is 1.10. The van der Waals surface area contributed by atoms with Crippen molar-refractivity contribution in [3.8, 4) is 5.75 Å². The van der Waals surface area contributed by atoms with Gasteiger partial charge < -0.3 is 14.6 Å². The predicted molar refractivity (Wildman–Crippen MR) is 131 cm³/mol. The third kappa shape index (κ3) is 4.69. The van der Waals surface area contributed by atoms with Crippen molar-refractivity contribution in [2.45, 2.75) is 49.2 Å². The van der Waals surface area contributed by atoms with Gasteiger partial charge in [0.25, 0.3) is 0 Å². The molecular formula is C24H27FINO3S. The van der Waals surface area contributed by atoms with Crippen LogP contribution in [0.3, 0.4) is 0 Å². The number of hydrogen-bond acceptors (Lipinski definition) is 5.